The van der Waals surface area contributed by atoms with Crippen LogP contribution in [-0.2, 0) is 11.2 Å². The molecule has 1 saturated heterocycles. The molecule has 5 rings (SSSR count). The molecule has 164 valence electrons. The minimum absolute atomic E-state index is 0.00160. The number of piperazine rings is 1. The van der Waals surface area contributed by atoms with E-state index < -0.39 is 0 Å². The lowest BCUT2D eigenvalue weighted by Gasteiger charge is -2.36. The van der Waals surface area contributed by atoms with Crippen LogP contribution >= 0.6 is 0 Å². The van der Waals surface area contributed by atoms with E-state index in [1.54, 1.807) is 6.26 Å². The molecule has 1 fully saturated rings. The lowest BCUT2D eigenvalue weighted by Crippen LogP contribution is -2.49. The highest BCUT2D eigenvalue weighted by molar-refractivity contribution is 5.88. The molecular weight excluding hydrogens is 404 g/mol. The number of furan rings is 1. The summed E-state index contributed by atoms with van der Waals surface area (Å²) in [6.45, 7) is 6.99. The molecular formula is C25H26N4O3. The van der Waals surface area contributed by atoms with Crippen molar-refractivity contribution < 1.29 is 13.7 Å². The van der Waals surface area contributed by atoms with Gasteiger partial charge < -0.3 is 13.8 Å². The standard InChI is InChI=1S/C25H26N4O3/c1-17-8-9-21-20(16-31-22(21)14-17)15-23(30)29-12-10-28(11-13-29)18(2)25-26-24(27-32-25)19-6-4-3-5-7-19/h3-9,14,16,18H,10-13,15H2,1-2H3. The summed E-state index contributed by atoms with van der Waals surface area (Å²) in [5.74, 6) is 1.33. The number of carbonyl (C=O) groups excluding carboxylic acids is 1. The van der Waals surface area contributed by atoms with Gasteiger partial charge >= 0.3 is 0 Å². The fourth-order valence-electron chi connectivity index (χ4n) is 4.23. The Morgan fingerprint density at radius 1 is 1.09 bits per heavy atom. The number of rotatable bonds is 5. The number of amides is 1. The first-order valence-electron chi connectivity index (χ1n) is 11.0. The zero-order chi connectivity index (χ0) is 22.1. The SMILES string of the molecule is Cc1ccc2c(CC(=O)N3CCN(C(C)c4nc(-c5ccccc5)no4)CC3)coc2c1. The lowest BCUT2D eigenvalue weighted by atomic mass is 10.1. The van der Waals surface area contributed by atoms with E-state index in [0.29, 0.717) is 31.2 Å². The van der Waals surface area contributed by atoms with Gasteiger partial charge in [-0.05, 0) is 25.5 Å². The number of carbonyl (C=O) groups is 1. The summed E-state index contributed by atoms with van der Waals surface area (Å²) in [6, 6.07) is 15.9. The van der Waals surface area contributed by atoms with E-state index in [4.69, 9.17) is 8.94 Å². The molecule has 0 radical (unpaired) electrons. The normalized spacial score (nSPS) is 15.9. The van der Waals surface area contributed by atoms with Crippen molar-refractivity contribution in [3.63, 3.8) is 0 Å². The van der Waals surface area contributed by atoms with Gasteiger partial charge in [0.2, 0.25) is 17.6 Å². The molecule has 1 amide bonds. The maximum atomic E-state index is 12.9. The van der Waals surface area contributed by atoms with Crippen molar-refractivity contribution in [2.24, 2.45) is 0 Å². The second-order valence-electron chi connectivity index (χ2n) is 8.35. The van der Waals surface area contributed by atoms with Gasteiger partial charge in [0.05, 0.1) is 18.7 Å². The molecule has 0 spiro atoms. The van der Waals surface area contributed by atoms with Gasteiger partial charge in [0.25, 0.3) is 0 Å². The van der Waals surface area contributed by atoms with E-state index in [0.717, 1.165) is 40.7 Å². The Morgan fingerprint density at radius 2 is 1.88 bits per heavy atom. The Hall–Kier alpha value is -3.45. The fourth-order valence-corrected chi connectivity index (χ4v) is 4.23. The third-order valence-corrected chi connectivity index (χ3v) is 6.20. The summed E-state index contributed by atoms with van der Waals surface area (Å²) in [4.78, 5) is 21.7. The van der Waals surface area contributed by atoms with Crippen molar-refractivity contribution in [1.29, 1.82) is 0 Å². The molecule has 7 nitrogen and oxygen atoms in total. The molecule has 1 aliphatic rings. The first-order valence-corrected chi connectivity index (χ1v) is 11.0. The number of aromatic nitrogens is 2. The summed E-state index contributed by atoms with van der Waals surface area (Å²) in [5.41, 5.74) is 3.86. The van der Waals surface area contributed by atoms with E-state index in [2.05, 4.69) is 22.0 Å². The number of hydrogen-bond donors (Lipinski definition) is 0. The predicted molar refractivity (Wildman–Crippen MR) is 121 cm³/mol. The summed E-state index contributed by atoms with van der Waals surface area (Å²) in [6.07, 6.45) is 2.07. The van der Waals surface area contributed by atoms with E-state index in [9.17, 15) is 4.79 Å². The van der Waals surface area contributed by atoms with Crippen LogP contribution in [0.25, 0.3) is 22.4 Å². The Morgan fingerprint density at radius 3 is 2.66 bits per heavy atom. The van der Waals surface area contributed by atoms with E-state index in [-0.39, 0.29) is 11.9 Å². The van der Waals surface area contributed by atoms with Crippen LogP contribution in [0, 0.1) is 6.92 Å². The summed E-state index contributed by atoms with van der Waals surface area (Å²) in [5, 5.41) is 5.15. The van der Waals surface area contributed by atoms with Gasteiger partial charge in [-0.25, -0.2) is 0 Å². The average molecular weight is 431 g/mol. The highest BCUT2D eigenvalue weighted by atomic mass is 16.5. The Labute approximate surface area is 186 Å². The molecule has 1 unspecified atom stereocenters. The third kappa shape index (κ3) is 4.03. The molecule has 3 heterocycles. The van der Waals surface area contributed by atoms with Gasteiger partial charge in [-0.2, -0.15) is 4.98 Å². The molecule has 0 N–H and O–H groups in total. The van der Waals surface area contributed by atoms with Gasteiger partial charge in [0.15, 0.2) is 0 Å². The van der Waals surface area contributed by atoms with Crippen molar-refractivity contribution in [1.82, 2.24) is 19.9 Å². The van der Waals surface area contributed by atoms with E-state index in [1.807, 2.05) is 60.4 Å². The molecule has 0 bridgehead atoms. The quantitative estimate of drug-likeness (QED) is 0.471. The Balaban J connectivity index is 1.19. The smallest absolute Gasteiger partial charge is 0.244 e. The second-order valence-corrected chi connectivity index (χ2v) is 8.35. The first-order chi connectivity index (χ1) is 15.6. The minimum atomic E-state index is -0.00160. The van der Waals surface area contributed by atoms with Gasteiger partial charge in [0.1, 0.15) is 5.58 Å². The largest absolute Gasteiger partial charge is 0.464 e. The van der Waals surface area contributed by atoms with Crippen molar-refractivity contribution in [3.05, 3.63) is 71.8 Å². The maximum Gasteiger partial charge on any atom is 0.244 e. The average Bonchev–Trinajstić information content (AvgIpc) is 3.47. The van der Waals surface area contributed by atoms with Gasteiger partial charge in [-0.1, -0.05) is 47.6 Å². The number of aryl methyl sites for hydroxylation is 1. The monoisotopic (exact) mass is 430 g/mol. The number of hydrogen-bond acceptors (Lipinski definition) is 6. The van der Waals surface area contributed by atoms with Crippen LogP contribution in [0.2, 0.25) is 0 Å². The molecule has 0 saturated carbocycles. The molecule has 4 aromatic rings. The van der Waals surface area contributed by atoms with Crippen molar-refractivity contribution in [2.75, 3.05) is 26.2 Å². The van der Waals surface area contributed by atoms with E-state index in [1.165, 1.54) is 0 Å². The van der Waals surface area contributed by atoms with Crippen LogP contribution in [0.5, 0.6) is 0 Å². The Bertz CT molecular complexity index is 1220. The zero-order valence-electron chi connectivity index (χ0n) is 18.3. The van der Waals surface area contributed by atoms with Crippen LogP contribution in [0.3, 0.4) is 0 Å². The maximum absolute atomic E-state index is 12.9. The number of benzene rings is 2. The van der Waals surface area contributed by atoms with Gasteiger partial charge in [-0.3, -0.25) is 9.69 Å². The lowest BCUT2D eigenvalue weighted by molar-refractivity contribution is -0.132. The summed E-state index contributed by atoms with van der Waals surface area (Å²) >= 11 is 0. The third-order valence-electron chi connectivity index (χ3n) is 6.20. The Kier molecular flexibility index (Phi) is 5.49. The van der Waals surface area contributed by atoms with Gasteiger partial charge in [0, 0.05) is 42.7 Å². The second kappa shape index (κ2) is 8.59. The van der Waals surface area contributed by atoms with E-state index >= 15 is 0 Å². The van der Waals surface area contributed by atoms with Crippen molar-refractivity contribution >= 4 is 16.9 Å². The molecule has 7 heteroatoms. The van der Waals surface area contributed by atoms with Crippen LogP contribution in [-0.4, -0.2) is 52.0 Å². The molecule has 1 aliphatic heterocycles. The minimum Gasteiger partial charge on any atom is -0.464 e. The molecule has 32 heavy (non-hydrogen) atoms. The molecule has 2 aromatic carbocycles. The summed E-state index contributed by atoms with van der Waals surface area (Å²) < 4.78 is 11.2. The van der Waals surface area contributed by atoms with Crippen LogP contribution < -0.4 is 0 Å². The topological polar surface area (TPSA) is 75.6 Å². The van der Waals surface area contributed by atoms with Crippen LogP contribution in [0.1, 0.15) is 30.0 Å². The zero-order valence-corrected chi connectivity index (χ0v) is 18.3. The highest BCUT2D eigenvalue weighted by Gasteiger charge is 2.28. The first kappa shape index (κ1) is 20.5. The number of nitrogens with zero attached hydrogens (tertiary/aromatic N) is 4. The van der Waals surface area contributed by atoms with Gasteiger partial charge in [-0.15, -0.1) is 0 Å². The molecule has 2 aromatic heterocycles. The van der Waals surface area contributed by atoms with Crippen molar-refractivity contribution in [2.45, 2.75) is 26.3 Å². The molecule has 0 aliphatic carbocycles. The highest BCUT2D eigenvalue weighted by Crippen LogP contribution is 2.25. The molecule has 1 atom stereocenters. The number of fused-ring (bicyclic) bond motifs is 1. The predicted octanol–water partition coefficient (Wildman–Crippen LogP) is 4.24. The van der Waals surface area contributed by atoms with Crippen LogP contribution in [0.4, 0.5) is 0 Å². The summed E-state index contributed by atoms with van der Waals surface area (Å²) in [7, 11) is 0. The van der Waals surface area contributed by atoms with Crippen molar-refractivity contribution in [3.8, 4) is 11.4 Å². The fraction of sp³-hybridized carbons (Fsp3) is 0.320. The van der Waals surface area contributed by atoms with Crippen LogP contribution in [0.15, 0.2) is 63.7 Å².